The van der Waals surface area contributed by atoms with Crippen LogP contribution in [-0.2, 0) is 9.53 Å². The van der Waals surface area contributed by atoms with Gasteiger partial charge in [-0.25, -0.2) is 4.39 Å². The van der Waals surface area contributed by atoms with E-state index in [-0.39, 0.29) is 17.8 Å². The third-order valence-corrected chi connectivity index (χ3v) is 5.02. The van der Waals surface area contributed by atoms with E-state index in [4.69, 9.17) is 21.1 Å². The third-order valence-electron chi connectivity index (χ3n) is 4.59. The molecule has 1 unspecified atom stereocenters. The molecule has 1 atom stereocenters. The summed E-state index contributed by atoms with van der Waals surface area (Å²) in [6.07, 6.45) is 0.846. The normalized spacial score (nSPS) is 17.0. The van der Waals surface area contributed by atoms with Crippen molar-refractivity contribution in [2.24, 2.45) is 0 Å². The summed E-state index contributed by atoms with van der Waals surface area (Å²) in [6.45, 7) is 3.94. The lowest BCUT2D eigenvalue weighted by atomic mass is 10.1. The van der Waals surface area contributed by atoms with Crippen LogP contribution in [0.25, 0.3) is 0 Å². The molecular formula is C21H23ClFNO3. The molecule has 0 aliphatic carbocycles. The second kappa shape index (κ2) is 9.20. The van der Waals surface area contributed by atoms with Gasteiger partial charge in [0.2, 0.25) is 5.91 Å². The first-order valence-electron chi connectivity index (χ1n) is 9.07. The highest BCUT2D eigenvalue weighted by atomic mass is 35.5. The third kappa shape index (κ3) is 5.44. The maximum absolute atomic E-state index is 13.1. The average Bonchev–Trinajstić information content (AvgIpc) is 2.68. The smallest absolute Gasteiger partial charge is 0.222 e. The quantitative estimate of drug-likeness (QED) is 0.678. The van der Waals surface area contributed by atoms with E-state index < -0.39 is 0 Å². The molecule has 1 heterocycles. The van der Waals surface area contributed by atoms with Crippen molar-refractivity contribution in [3.63, 3.8) is 0 Å². The molecule has 144 valence electrons. The zero-order chi connectivity index (χ0) is 19.2. The Hall–Kier alpha value is -2.11. The summed E-state index contributed by atoms with van der Waals surface area (Å²) in [7, 11) is 0. The van der Waals surface area contributed by atoms with Crippen molar-refractivity contribution in [3.8, 4) is 5.75 Å². The van der Waals surface area contributed by atoms with E-state index in [0.29, 0.717) is 44.2 Å². The predicted octanol–water partition coefficient (Wildman–Crippen LogP) is 4.55. The Morgan fingerprint density at radius 3 is 2.81 bits per heavy atom. The number of halogens is 2. The van der Waals surface area contributed by atoms with E-state index in [2.05, 4.69) is 0 Å². The van der Waals surface area contributed by atoms with E-state index in [1.165, 1.54) is 12.1 Å². The highest BCUT2D eigenvalue weighted by Gasteiger charge is 2.25. The van der Waals surface area contributed by atoms with Crippen molar-refractivity contribution in [1.82, 2.24) is 4.90 Å². The molecule has 1 aliphatic heterocycles. The molecule has 4 nitrogen and oxygen atoms in total. The summed E-state index contributed by atoms with van der Waals surface area (Å²) in [5.41, 5.74) is 1.85. The number of aryl methyl sites for hydroxylation is 1. The molecule has 1 aliphatic rings. The van der Waals surface area contributed by atoms with Crippen molar-refractivity contribution in [1.29, 1.82) is 0 Å². The topological polar surface area (TPSA) is 38.8 Å². The molecule has 0 spiro atoms. The minimum Gasteiger partial charge on any atom is -0.494 e. The van der Waals surface area contributed by atoms with Gasteiger partial charge in [0.15, 0.2) is 0 Å². The summed E-state index contributed by atoms with van der Waals surface area (Å²) in [5, 5.41) is 0.709. The summed E-state index contributed by atoms with van der Waals surface area (Å²) in [5.74, 6) is 0.562. The Balaban J connectivity index is 1.44. The lowest BCUT2D eigenvalue weighted by Crippen LogP contribution is -2.42. The number of rotatable bonds is 6. The first kappa shape index (κ1) is 19.6. The molecular weight excluding hydrogens is 369 g/mol. The number of morpholine rings is 1. The minimum absolute atomic E-state index is 0.0845. The summed E-state index contributed by atoms with van der Waals surface area (Å²) in [4.78, 5) is 14.3. The number of carbonyl (C=O) groups is 1. The summed E-state index contributed by atoms with van der Waals surface area (Å²) >= 11 is 6.00. The van der Waals surface area contributed by atoms with Crippen LogP contribution >= 0.6 is 11.6 Å². The summed E-state index contributed by atoms with van der Waals surface area (Å²) in [6, 6.07) is 11.8. The van der Waals surface area contributed by atoms with Crippen LogP contribution in [0.5, 0.6) is 5.75 Å². The van der Waals surface area contributed by atoms with Gasteiger partial charge in [-0.05, 0) is 54.8 Å². The first-order valence-corrected chi connectivity index (χ1v) is 9.44. The maximum Gasteiger partial charge on any atom is 0.222 e. The number of carbonyl (C=O) groups excluding carboxylic acids is 1. The van der Waals surface area contributed by atoms with Crippen molar-refractivity contribution < 1.29 is 18.7 Å². The van der Waals surface area contributed by atoms with Crippen LogP contribution in [0.15, 0.2) is 42.5 Å². The largest absolute Gasteiger partial charge is 0.494 e. The summed E-state index contributed by atoms with van der Waals surface area (Å²) < 4.78 is 24.5. The maximum atomic E-state index is 13.1. The lowest BCUT2D eigenvalue weighted by molar-refractivity contribution is -0.139. The van der Waals surface area contributed by atoms with E-state index in [9.17, 15) is 9.18 Å². The highest BCUT2D eigenvalue weighted by Crippen LogP contribution is 2.23. The molecule has 6 heteroatoms. The molecule has 2 aromatic carbocycles. The van der Waals surface area contributed by atoms with Gasteiger partial charge in [0, 0.05) is 18.0 Å². The van der Waals surface area contributed by atoms with Gasteiger partial charge in [0.25, 0.3) is 0 Å². The number of benzene rings is 2. The van der Waals surface area contributed by atoms with Crippen LogP contribution in [-0.4, -0.2) is 37.1 Å². The van der Waals surface area contributed by atoms with Gasteiger partial charge in [-0.3, -0.25) is 4.79 Å². The number of ether oxygens (including phenoxy) is 2. The van der Waals surface area contributed by atoms with Crippen LogP contribution < -0.4 is 4.74 Å². The molecule has 0 saturated carbocycles. The fourth-order valence-electron chi connectivity index (χ4n) is 3.03. The van der Waals surface area contributed by atoms with E-state index >= 15 is 0 Å². The van der Waals surface area contributed by atoms with Crippen molar-refractivity contribution in [2.75, 3.05) is 26.3 Å². The van der Waals surface area contributed by atoms with Crippen molar-refractivity contribution in [3.05, 3.63) is 64.4 Å². The minimum atomic E-state index is -0.279. The van der Waals surface area contributed by atoms with Gasteiger partial charge < -0.3 is 14.4 Å². The molecule has 1 fully saturated rings. The van der Waals surface area contributed by atoms with Gasteiger partial charge >= 0.3 is 0 Å². The second-order valence-electron chi connectivity index (χ2n) is 6.61. The van der Waals surface area contributed by atoms with E-state index in [1.54, 1.807) is 18.2 Å². The molecule has 0 bridgehead atoms. The zero-order valence-corrected chi connectivity index (χ0v) is 16.0. The number of hydrogen-bond donors (Lipinski definition) is 0. The molecule has 0 aromatic heterocycles. The molecule has 1 amide bonds. The van der Waals surface area contributed by atoms with Gasteiger partial charge in [-0.2, -0.15) is 0 Å². The lowest BCUT2D eigenvalue weighted by Gasteiger charge is -2.33. The molecule has 27 heavy (non-hydrogen) atoms. The first-order chi connectivity index (χ1) is 13.0. The van der Waals surface area contributed by atoms with Crippen LogP contribution in [0.4, 0.5) is 4.39 Å². The van der Waals surface area contributed by atoms with E-state index in [0.717, 1.165) is 16.9 Å². The van der Waals surface area contributed by atoms with Crippen molar-refractivity contribution >= 4 is 17.5 Å². The second-order valence-corrected chi connectivity index (χ2v) is 7.02. The fraction of sp³-hybridized carbons (Fsp3) is 0.381. The van der Waals surface area contributed by atoms with Crippen molar-refractivity contribution in [2.45, 2.75) is 25.9 Å². The van der Waals surface area contributed by atoms with Gasteiger partial charge in [0.1, 0.15) is 17.7 Å². The van der Waals surface area contributed by atoms with Gasteiger partial charge in [-0.1, -0.05) is 23.7 Å². The predicted molar refractivity (Wildman–Crippen MR) is 103 cm³/mol. The Morgan fingerprint density at radius 2 is 2.07 bits per heavy atom. The SMILES string of the molecule is Cc1cc(OCCCC(=O)N2CCOC(c3ccc(F)cc3)C2)ccc1Cl. The molecule has 3 rings (SSSR count). The van der Waals surface area contributed by atoms with Crippen LogP contribution in [0.3, 0.4) is 0 Å². The highest BCUT2D eigenvalue weighted by molar-refractivity contribution is 6.31. The molecule has 0 radical (unpaired) electrons. The monoisotopic (exact) mass is 391 g/mol. The zero-order valence-electron chi connectivity index (χ0n) is 15.3. The Labute approximate surface area is 163 Å². The molecule has 0 N–H and O–H groups in total. The number of nitrogens with zero attached hydrogens (tertiary/aromatic N) is 1. The van der Waals surface area contributed by atoms with Crippen LogP contribution in [0, 0.1) is 12.7 Å². The fourth-order valence-corrected chi connectivity index (χ4v) is 3.15. The number of hydrogen-bond acceptors (Lipinski definition) is 3. The molecule has 1 saturated heterocycles. The number of amides is 1. The van der Waals surface area contributed by atoms with Gasteiger partial charge in [-0.15, -0.1) is 0 Å². The molecule has 2 aromatic rings. The van der Waals surface area contributed by atoms with Crippen LogP contribution in [0.1, 0.15) is 30.1 Å². The van der Waals surface area contributed by atoms with Crippen LogP contribution in [0.2, 0.25) is 5.02 Å². The average molecular weight is 392 g/mol. The van der Waals surface area contributed by atoms with E-state index in [1.807, 2.05) is 24.0 Å². The van der Waals surface area contributed by atoms with Gasteiger partial charge in [0.05, 0.1) is 19.8 Å². The Kier molecular flexibility index (Phi) is 6.69. The standard InChI is InChI=1S/C21H23ClFNO3/c1-15-13-18(8-9-19(15)22)26-11-2-3-21(25)24-10-12-27-20(14-24)16-4-6-17(23)7-5-16/h4-9,13,20H,2-3,10-12,14H2,1H3. The Bertz CT molecular complexity index is 781. The Morgan fingerprint density at radius 1 is 1.30 bits per heavy atom.